The number of furan rings is 1. The third kappa shape index (κ3) is 4.31. The van der Waals surface area contributed by atoms with Gasteiger partial charge in [-0.15, -0.1) is 0 Å². The molecule has 13 aromatic rings. The lowest BCUT2D eigenvalue weighted by Gasteiger charge is -2.10. The van der Waals surface area contributed by atoms with E-state index in [1.807, 2.05) is 18.3 Å². The van der Waals surface area contributed by atoms with E-state index in [2.05, 4.69) is 184 Å². The molecule has 0 N–H and O–H groups in total. The molecule has 0 bridgehead atoms. The average molecular weight is 742 g/mol. The van der Waals surface area contributed by atoms with E-state index in [1.54, 1.807) is 0 Å². The van der Waals surface area contributed by atoms with E-state index in [1.165, 1.54) is 48.9 Å². The van der Waals surface area contributed by atoms with E-state index in [4.69, 9.17) is 14.4 Å². The maximum atomic E-state index is 6.42. The van der Waals surface area contributed by atoms with Crippen LogP contribution in [0.4, 0.5) is 0 Å². The van der Waals surface area contributed by atoms with Gasteiger partial charge in [-0.05, 0) is 84.9 Å². The molecule has 8 aromatic carbocycles. The molecule has 0 aliphatic carbocycles. The molecule has 0 fully saturated rings. The molecule has 0 atom stereocenters. The van der Waals surface area contributed by atoms with Gasteiger partial charge in [-0.25, -0.2) is 9.97 Å². The molecular weight excluding hydrogens is 711 g/mol. The number of nitrogens with zero attached hydrogens (tertiary/aromatic N) is 5. The zero-order valence-corrected chi connectivity index (χ0v) is 31.0. The first-order valence-electron chi connectivity index (χ1n) is 19.6. The summed E-state index contributed by atoms with van der Waals surface area (Å²) in [6, 6.07) is 64.5. The highest BCUT2D eigenvalue weighted by Gasteiger charge is 2.22. The number of hydrogen-bond donors (Lipinski definition) is 0. The summed E-state index contributed by atoms with van der Waals surface area (Å²) < 4.78 is 13.5. The van der Waals surface area contributed by atoms with Gasteiger partial charge in [0.15, 0.2) is 5.82 Å². The van der Waals surface area contributed by atoms with Crippen LogP contribution in [0.3, 0.4) is 0 Å². The Hall–Kier alpha value is -7.96. The van der Waals surface area contributed by atoms with Crippen molar-refractivity contribution in [2.75, 3.05) is 0 Å². The standard InChI is InChI=1S/C52H31N5O/c1-2-12-33(13-3-1)55-45-21-11-7-17-39(45)50-46(55)25-24-38-37-16-6-10-20-44(37)57(51(38)50)49-28-29-53-52(54-49)32-22-26-47-40(30-32)41-31-34(23-27-48(41)58-47)56-42-18-8-4-14-35(42)36-15-5-9-19-43(36)56/h1-31H. The molecule has 6 heteroatoms. The third-order valence-electron chi connectivity index (χ3n) is 11.9. The number of aromatic nitrogens is 5. The van der Waals surface area contributed by atoms with Gasteiger partial charge in [-0.1, -0.05) is 97.1 Å². The molecule has 0 unspecified atom stereocenters. The van der Waals surface area contributed by atoms with Crippen LogP contribution in [-0.2, 0) is 0 Å². The van der Waals surface area contributed by atoms with E-state index in [0.29, 0.717) is 5.82 Å². The molecular formula is C52H31N5O. The van der Waals surface area contributed by atoms with Gasteiger partial charge in [-0.3, -0.25) is 4.57 Å². The molecule has 0 saturated heterocycles. The SMILES string of the molecule is c1ccc(-n2c3ccccc3c3c2ccc2c4ccccc4n(-c4ccnc(-c5ccc6oc7ccc(-n8c9ccccc9c9ccccc98)cc7c6c5)n4)c23)cc1. The highest BCUT2D eigenvalue weighted by Crippen LogP contribution is 2.42. The summed E-state index contributed by atoms with van der Waals surface area (Å²) in [4.78, 5) is 10.2. The molecule has 0 amide bonds. The second-order valence-corrected chi connectivity index (χ2v) is 15.0. The molecule has 0 aliphatic rings. The number of fused-ring (bicyclic) bond motifs is 13. The fourth-order valence-corrected chi connectivity index (χ4v) is 9.46. The van der Waals surface area contributed by atoms with Crippen LogP contribution in [0.2, 0.25) is 0 Å². The van der Waals surface area contributed by atoms with E-state index < -0.39 is 0 Å². The van der Waals surface area contributed by atoms with Gasteiger partial charge in [0.2, 0.25) is 0 Å². The van der Waals surface area contributed by atoms with Gasteiger partial charge >= 0.3 is 0 Å². The highest BCUT2D eigenvalue weighted by molar-refractivity contribution is 6.26. The average Bonchev–Trinajstić information content (AvgIpc) is 4.02. The minimum atomic E-state index is 0.650. The Balaban J connectivity index is 1.02. The lowest BCUT2D eigenvalue weighted by molar-refractivity contribution is 0.669. The Labute approximate surface area is 331 Å². The second kappa shape index (κ2) is 11.8. The number of rotatable bonds is 4. The summed E-state index contributed by atoms with van der Waals surface area (Å²) in [6.45, 7) is 0. The highest BCUT2D eigenvalue weighted by atomic mass is 16.3. The second-order valence-electron chi connectivity index (χ2n) is 15.0. The van der Waals surface area contributed by atoms with Crippen molar-refractivity contribution in [2.45, 2.75) is 0 Å². The Morgan fingerprint density at radius 1 is 0.379 bits per heavy atom. The predicted octanol–water partition coefficient (Wildman–Crippen LogP) is 13.3. The van der Waals surface area contributed by atoms with Crippen LogP contribution in [-0.4, -0.2) is 23.7 Å². The van der Waals surface area contributed by atoms with Crippen LogP contribution < -0.4 is 0 Å². The molecule has 270 valence electrons. The van der Waals surface area contributed by atoms with Crippen molar-refractivity contribution >= 4 is 87.4 Å². The molecule has 13 rings (SSSR count). The normalized spacial score (nSPS) is 12.1. The van der Waals surface area contributed by atoms with Crippen LogP contribution in [0.1, 0.15) is 0 Å². The topological polar surface area (TPSA) is 53.7 Å². The van der Waals surface area contributed by atoms with Gasteiger partial charge < -0.3 is 13.6 Å². The van der Waals surface area contributed by atoms with Crippen LogP contribution in [0.25, 0.3) is 116 Å². The molecule has 0 saturated carbocycles. The zero-order valence-electron chi connectivity index (χ0n) is 31.0. The van der Waals surface area contributed by atoms with Crippen molar-refractivity contribution in [2.24, 2.45) is 0 Å². The number of benzene rings is 8. The monoisotopic (exact) mass is 741 g/mol. The molecule has 0 aliphatic heterocycles. The lowest BCUT2D eigenvalue weighted by Crippen LogP contribution is -2.00. The smallest absolute Gasteiger partial charge is 0.161 e. The lowest BCUT2D eigenvalue weighted by atomic mass is 10.1. The zero-order chi connectivity index (χ0) is 37.9. The van der Waals surface area contributed by atoms with Crippen LogP contribution in [0.5, 0.6) is 0 Å². The quantitative estimate of drug-likeness (QED) is 0.180. The minimum Gasteiger partial charge on any atom is -0.456 e. The summed E-state index contributed by atoms with van der Waals surface area (Å²) in [6.07, 6.45) is 1.88. The van der Waals surface area contributed by atoms with Crippen molar-refractivity contribution in [1.29, 1.82) is 0 Å². The Kier molecular flexibility index (Phi) is 6.35. The first-order valence-corrected chi connectivity index (χ1v) is 19.6. The van der Waals surface area contributed by atoms with Gasteiger partial charge in [0.25, 0.3) is 0 Å². The maximum Gasteiger partial charge on any atom is 0.161 e. The van der Waals surface area contributed by atoms with Gasteiger partial charge in [0.1, 0.15) is 17.0 Å². The van der Waals surface area contributed by atoms with Gasteiger partial charge in [0.05, 0.1) is 33.1 Å². The third-order valence-corrected chi connectivity index (χ3v) is 11.9. The van der Waals surface area contributed by atoms with Crippen LogP contribution >= 0.6 is 0 Å². The largest absolute Gasteiger partial charge is 0.456 e. The molecule has 58 heavy (non-hydrogen) atoms. The van der Waals surface area contributed by atoms with Crippen molar-refractivity contribution in [3.8, 4) is 28.6 Å². The molecule has 6 nitrogen and oxygen atoms in total. The Morgan fingerprint density at radius 3 is 1.67 bits per heavy atom. The van der Waals surface area contributed by atoms with E-state index in [0.717, 1.165) is 61.2 Å². The number of para-hydroxylation sites is 5. The minimum absolute atomic E-state index is 0.650. The summed E-state index contributed by atoms with van der Waals surface area (Å²) in [5, 5.41) is 9.30. The van der Waals surface area contributed by atoms with E-state index in [9.17, 15) is 0 Å². The van der Waals surface area contributed by atoms with Gasteiger partial charge in [0, 0.05) is 66.2 Å². The Morgan fingerprint density at radius 2 is 0.948 bits per heavy atom. The van der Waals surface area contributed by atoms with Crippen molar-refractivity contribution in [3.63, 3.8) is 0 Å². The summed E-state index contributed by atoms with van der Waals surface area (Å²) in [7, 11) is 0. The maximum absolute atomic E-state index is 6.42. The Bertz CT molecular complexity index is 3750. The number of hydrogen-bond acceptors (Lipinski definition) is 3. The van der Waals surface area contributed by atoms with Crippen molar-refractivity contribution in [1.82, 2.24) is 23.7 Å². The molecule has 5 heterocycles. The first kappa shape index (κ1) is 31.3. The van der Waals surface area contributed by atoms with Crippen molar-refractivity contribution < 1.29 is 4.42 Å². The van der Waals surface area contributed by atoms with Crippen molar-refractivity contribution in [3.05, 3.63) is 188 Å². The van der Waals surface area contributed by atoms with E-state index >= 15 is 0 Å². The fourth-order valence-electron chi connectivity index (χ4n) is 9.46. The van der Waals surface area contributed by atoms with Crippen LogP contribution in [0.15, 0.2) is 193 Å². The summed E-state index contributed by atoms with van der Waals surface area (Å²) in [5.74, 6) is 1.46. The summed E-state index contributed by atoms with van der Waals surface area (Å²) in [5.41, 5.74) is 11.7. The summed E-state index contributed by atoms with van der Waals surface area (Å²) >= 11 is 0. The van der Waals surface area contributed by atoms with E-state index in [-0.39, 0.29) is 0 Å². The fraction of sp³-hybridized carbons (Fsp3) is 0. The first-order chi connectivity index (χ1) is 28.8. The molecule has 5 aromatic heterocycles. The molecule has 0 radical (unpaired) electrons. The van der Waals surface area contributed by atoms with Gasteiger partial charge in [-0.2, -0.15) is 0 Å². The van der Waals surface area contributed by atoms with Crippen LogP contribution in [0, 0.1) is 0 Å². The predicted molar refractivity (Wildman–Crippen MR) is 238 cm³/mol. The molecule has 0 spiro atoms.